The van der Waals surface area contributed by atoms with Crippen LogP contribution in [-0.2, 0) is 15.9 Å². The summed E-state index contributed by atoms with van der Waals surface area (Å²) >= 11 is 0. The van der Waals surface area contributed by atoms with Gasteiger partial charge in [0.15, 0.2) is 12.1 Å². The highest BCUT2D eigenvalue weighted by atomic mass is 16.7. The minimum absolute atomic E-state index is 0.0117. The summed E-state index contributed by atoms with van der Waals surface area (Å²) in [5.41, 5.74) is 0.408. The van der Waals surface area contributed by atoms with Crippen LogP contribution in [0.5, 0.6) is 17.2 Å². The van der Waals surface area contributed by atoms with E-state index in [4.69, 9.17) is 9.47 Å². The lowest BCUT2D eigenvalue weighted by molar-refractivity contribution is -0.306. The SMILES string of the molecule is O=C(c1ccc(O)cc1O)C(Cc1ccc(O)cc1)O[C@@H]1O[C@H](CO)[C@@H](O)[C@@H](O)[C@H]1O. The fourth-order valence-corrected chi connectivity index (χ4v) is 3.29. The van der Waals surface area contributed by atoms with E-state index in [2.05, 4.69) is 0 Å². The van der Waals surface area contributed by atoms with Crippen molar-refractivity contribution in [3.8, 4) is 17.2 Å². The van der Waals surface area contributed by atoms with Crippen LogP contribution in [0.3, 0.4) is 0 Å². The molecule has 3 rings (SSSR count). The summed E-state index contributed by atoms with van der Waals surface area (Å²) in [6, 6.07) is 9.29. The molecule has 10 nitrogen and oxygen atoms in total. The standard InChI is InChI=1S/C21H24O10/c22-9-16-18(27)19(28)20(29)21(31-16)30-15(7-10-1-3-11(23)4-2-10)17(26)13-6-5-12(24)8-14(13)25/h1-6,8,15-16,18-25,27-29H,7,9H2/t15?,16-,18-,19-,20-,21-/m1/s1. The van der Waals surface area contributed by atoms with Crippen molar-refractivity contribution in [1.29, 1.82) is 0 Å². The van der Waals surface area contributed by atoms with Gasteiger partial charge < -0.3 is 45.2 Å². The Morgan fingerprint density at radius 3 is 2.19 bits per heavy atom. The van der Waals surface area contributed by atoms with E-state index in [1.807, 2.05) is 0 Å². The van der Waals surface area contributed by atoms with Crippen molar-refractivity contribution in [3.63, 3.8) is 0 Å². The molecule has 168 valence electrons. The first-order valence-electron chi connectivity index (χ1n) is 9.51. The molecular weight excluding hydrogens is 412 g/mol. The molecule has 31 heavy (non-hydrogen) atoms. The Bertz CT molecular complexity index is 898. The summed E-state index contributed by atoms with van der Waals surface area (Å²) in [5, 5.41) is 68.5. The fourth-order valence-electron chi connectivity index (χ4n) is 3.29. The molecular formula is C21H24O10. The number of ketones is 1. The molecule has 0 aliphatic carbocycles. The van der Waals surface area contributed by atoms with Crippen molar-refractivity contribution >= 4 is 5.78 Å². The number of hydrogen-bond acceptors (Lipinski definition) is 10. The van der Waals surface area contributed by atoms with Crippen LogP contribution < -0.4 is 0 Å². The number of benzene rings is 2. The molecule has 2 aromatic carbocycles. The zero-order valence-corrected chi connectivity index (χ0v) is 16.3. The lowest BCUT2D eigenvalue weighted by Crippen LogP contribution is -2.60. The number of aliphatic hydroxyl groups is 4. The van der Waals surface area contributed by atoms with Gasteiger partial charge in [0.2, 0.25) is 0 Å². The quantitative estimate of drug-likeness (QED) is 0.278. The Hall–Kier alpha value is -2.73. The van der Waals surface area contributed by atoms with Gasteiger partial charge in [-0.05, 0) is 29.8 Å². The molecule has 1 fully saturated rings. The largest absolute Gasteiger partial charge is 0.508 e. The van der Waals surface area contributed by atoms with Crippen molar-refractivity contribution in [3.05, 3.63) is 53.6 Å². The number of carbonyl (C=O) groups is 1. The minimum Gasteiger partial charge on any atom is -0.508 e. The van der Waals surface area contributed by atoms with Gasteiger partial charge in [-0.3, -0.25) is 4.79 Å². The van der Waals surface area contributed by atoms with Crippen LogP contribution >= 0.6 is 0 Å². The van der Waals surface area contributed by atoms with E-state index >= 15 is 0 Å². The van der Waals surface area contributed by atoms with Crippen molar-refractivity contribution in [2.75, 3.05) is 6.61 Å². The van der Waals surface area contributed by atoms with Gasteiger partial charge in [-0.25, -0.2) is 0 Å². The zero-order chi connectivity index (χ0) is 22.7. The third-order valence-electron chi connectivity index (χ3n) is 5.04. The maximum atomic E-state index is 13.1. The third kappa shape index (κ3) is 5.13. The Balaban J connectivity index is 1.89. The van der Waals surface area contributed by atoms with Crippen molar-refractivity contribution < 1.29 is 50.0 Å². The van der Waals surface area contributed by atoms with Gasteiger partial charge in [0.1, 0.15) is 47.8 Å². The topological polar surface area (TPSA) is 177 Å². The summed E-state index contributed by atoms with van der Waals surface area (Å²) < 4.78 is 11.0. The second-order valence-electron chi connectivity index (χ2n) is 7.26. The van der Waals surface area contributed by atoms with Gasteiger partial charge in [-0.15, -0.1) is 0 Å². The predicted molar refractivity (Wildman–Crippen MR) is 105 cm³/mol. The summed E-state index contributed by atoms with van der Waals surface area (Å²) in [6.07, 6.45) is -9.19. The number of Topliss-reactive ketones (excluding diaryl/α,β-unsaturated/α-hetero) is 1. The average molecular weight is 436 g/mol. The maximum Gasteiger partial charge on any atom is 0.195 e. The van der Waals surface area contributed by atoms with E-state index in [1.54, 1.807) is 12.1 Å². The van der Waals surface area contributed by atoms with Gasteiger partial charge in [-0.1, -0.05) is 12.1 Å². The van der Waals surface area contributed by atoms with Gasteiger partial charge >= 0.3 is 0 Å². The molecule has 6 atom stereocenters. The molecule has 1 saturated heterocycles. The Morgan fingerprint density at radius 2 is 1.58 bits per heavy atom. The van der Waals surface area contributed by atoms with Crippen molar-refractivity contribution in [2.24, 2.45) is 0 Å². The first-order chi connectivity index (χ1) is 14.7. The van der Waals surface area contributed by atoms with Crippen LogP contribution in [0, 0.1) is 0 Å². The second kappa shape index (κ2) is 9.60. The molecule has 1 aliphatic heterocycles. The monoisotopic (exact) mass is 436 g/mol. The lowest BCUT2D eigenvalue weighted by Gasteiger charge is -2.40. The normalized spacial score (nSPS) is 27.0. The van der Waals surface area contributed by atoms with E-state index in [9.17, 15) is 40.5 Å². The number of phenolic OH excluding ortho intramolecular Hbond substituents is 3. The van der Waals surface area contributed by atoms with Crippen LogP contribution in [0.15, 0.2) is 42.5 Å². The summed E-state index contributed by atoms with van der Waals surface area (Å²) in [5.74, 6) is -1.43. The zero-order valence-electron chi connectivity index (χ0n) is 16.3. The van der Waals surface area contributed by atoms with Gasteiger partial charge in [0.25, 0.3) is 0 Å². The molecule has 1 aliphatic rings. The van der Waals surface area contributed by atoms with Gasteiger partial charge in [0.05, 0.1) is 12.2 Å². The number of ether oxygens (including phenoxy) is 2. The van der Waals surface area contributed by atoms with Crippen LogP contribution in [-0.4, -0.2) is 84.9 Å². The molecule has 0 amide bonds. The molecule has 1 unspecified atom stereocenters. The Kier molecular flexibility index (Phi) is 7.11. The molecule has 0 saturated carbocycles. The van der Waals surface area contributed by atoms with Crippen LogP contribution in [0.4, 0.5) is 0 Å². The number of rotatable bonds is 7. The number of carbonyl (C=O) groups excluding carboxylic acids is 1. The number of aromatic hydroxyl groups is 3. The first kappa shape index (κ1) is 22.9. The Morgan fingerprint density at radius 1 is 0.935 bits per heavy atom. The highest BCUT2D eigenvalue weighted by Gasteiger charge is 2.45. The first-order valence-corrected chi connectivity index (χ1v) is 9.51. The summed E-state index contributed by atoms with van der Waals surface area (Å²) in [7, 11) is 0. The molecule has 0 radical (unpaired) electrons. The smallest absolute Gasteiger partial charge is 0.195 e. The molecule has 0 bridgehead atoms. The van der Waals surface area contributed by atoms with E-state index in [0.29, 0.717) is 5.56 Å². The molecule has 10 heteroatoms. The Labute approximate surface area is 177 Å². The van der Waals surface area contributed by atoms with Crippen molar-refractivity contribution in [1.82, 2.24) is 0 Å². The lowest BCUT2D eigenvalue weighted by atomic mass is 9.97. The van der Waals surface area contributed by atoms with Gasteiger partial charge in [0, 0.05) is 12.5 Å². The van der Waals surface area contributed by atoms with E-state index in [1.165, 1.54) is 24.3 Å². The third-order valence-corrected chi connectivity index (χ3v) is 5.04. The highest BCUT2D eigenvalue weighted by molar-refractivity contribution is 6.02. The molecule has 2 aromatic rings. The van der Waals surface area contributed by atoms with Crippen molar-refractivity contribution in [2.45, 2.75) is 43.2 Å². The minimum atomic E-state index is -1.72. The highest BCUT2D eigenvalue weighted by Crippen LogP contribution is 2.28. The van der Waals surface area contributed by atoms with Crippen LogP contribution in [0.2, 0.25) is 0 Å². The number of hydrogen-bond donors (Lipinski definition) is 7. The van der Waals surface area contributed by atoms with Gasteiger partial charge in [-0.2, -0.15) is 0 Å². The second-order valence-corrected chi connectivity index (χ2v) is 7.26. The van der Waals surface area contributed by atoms with E-state index < -0.39 is 54.9 Å². The maximum absolute atomic E-state index is 13.1. The van der Waals surface area contributed by atoms with Crippen LogP contribution in [0.1, 0.15) is 15.9 Å². The number of phenols is 3. The molecule has 0 aromatic heterocycles. The predicted octanol–water partition coefficient (Wildman–Crippen LogP) is -0.586. The average Bonchev–Trinajstić information content (AvgIpc) is 2.74. The molecule has 0 spiro atoms. The molecule has 1 heterocycles. The number of aliphatic hydroxyl groups excluding tert-OH is 4. The van der Waals surface area contributed by atoms with E-state index in [-0.39, 0.29) is 23.5 Å². The van der Waals surface area contributed by atoms with Crippen LogP contribution in [0.25, 0.3) is 0 Å². The van der Waals surface area contributed by atoms with E-state index in [0.717, 1.165) is 6.07 Å². The summed E-state index contributed by atoms with van der Waals surface area (Å²) in [4.78, 5) is 13.1. The molecule has 7 N–H and O–H groups in total. The fraction of sp³-hybridized carbons (Fsp3) is 0.381. The summed E-state index contributed by atoms with van der Waals surface area (Å²) in [6.45, 7) is -0.667.